The highest BCUT2D eigenvalue weighted by Gasteiger charge is 2.14. The third-order valence-corrected chi connectivity index (χ3v) is 3.86. The molecule has 1 unspecified atom stereocenters. The van der Waals surface area contributed by atoms with E-state index in [1.807, 2.05) is 35.6 Å². The minimum Gasteiger partial charge on any atom is -0.342 e. The van der Waals surface area contributed by atoms with E-state index in [1.165, 1.54) is 23.5 Å². The van der Waals surface area contributed by atoms with Gasteiger partial charge in [0.1, 0.15) is 11.8 Å². The molecule has 0 amide bonds. The van der Waals surface area contributed by atoms with E-state index in [-0.39, 0.29) is 0 Å². The summed E-state index contributed by atoms with van der Waals surface area (Å²) in [5.74, 6) is 2.49. The van der Waals surface area contributed by atoms with Gasteiger partial charge >= 0.3 is 0 Å². The standard InChI is InChI=1S/C11H15N3S/c1-14-7-9(4-11(14)5-12)6-13-10-2-3-15-8-10/h4,7,10,13H,2-3,6,8H2,1H3. The SMILES string of the molecule is Cn1cc(CNC2CCSC2)cc1C#N. The molecule has 1 aliphatic heterocycles. The zero-order chi connectivity index (χ0) is 10.7. The maximum Gasteiger partial charge on any atom is 0.120 e. The maximum atomic E-state index is 8.82. The van der Waals surface area contributed by atoms with Crippen molar-refractivity contribution in [2.75, 3.05) is 11.5 Å². The number of nitrogens with zero attached hydrogens (tertiary/aromatic N) is 2. The molecule has 1 aliphatic rings. The van der Waals surface area contributed by atoms with Crippen LogP contribution in [-0.4, -0.2) is 22.1 Å². The molecule has 2 rings (SSSR count). The van der Waals surface area contributed by atoms with Gasteiger partial charge in [0.15, 0.2) is 0 Å². The summed E-state index contributed by atoms with van der Waals surface area (Å²) in [6.45, 7) is 0.876. The van der Waals surface area contributed by atoms with Crippen molar-refractivity contribution in [3.8, 4) is 6.07 Å². The van der Waals surface area contributed by atoms with Crippen LogP contribution in [0.25, 0.3) is 0 Å². The van der Waals surface area contributed by atoms with Gasteiger partial charge < -0.3 is 9.88 Å². The van der Waals surface area contributed by atoms with Crippen LogP contribution in [0.4, 0.5) is 0 Å². The fraction of sp³-hybridized carbons (Fsp3) is 0.545. The zero-order valence-electron chi connectivity index (χ0n) is 8.86. The summed E-state index contributed by atoms with van der Waals surface area (Å²) in [7, 11) is 1.91. The van der Waals surface area contributed by atoms with E-state index in [2.05, 4.69) is 11.4 Å². The minimum absolute atomic E-state index is 0.653. The summed E-state index contributed by atoms with van der Waals surface area (Å²) in [6.07, 6.45) is 3.29. The summed E-state index contributed by atoms with van der Waals surface area (Å²) in [5, 5.41) is 12.3. The fourth-order valence-electron chi connectivity index (χ4n) is 1.80. The molecule has 0 spiro atoms. The second-order valence-corrected chi connectivity index (χ2v) is 5.05. The Balaban J connectivity index is 1.90. The first-order chi connectivity index (χ1) is 7.29. The van der Waals surface area contributed by atoms with Crippen molar-refractivity contribution in [3.63, 3.8) is 0 Å². The third kappa shape index (κ3) is 2.55. The van der Waals surface area contributed by atoms with Crippen molar-refractivity contribution in [2.45, 2.75) is 19.0 Å². The van der Waals surface area contributed by atoms with E-state index < -0.39 is 0 Å². The molecule has 1 N–H and O–H groups in total. The number of nitrogens with one attached hydrogen (secondary N) is 1. The Morgan fingerprint density at radius 3 is 3.20 bits per heavy atom. The van der Waals surface area contributed by atoms with Crippen molar-refractivity contribution < 1.29 is 0 Å². The summed E-state index contributed by atoms with van der Waals surface area (Å²) in [6, 6.07) is 4.78. The third-order valence-electron chi connectivity index (χ3n) is 2.70. The number of nitriles is 1. The van der Waals surface area contributed by atoms with Crippen molar-refractivity contribution in [1.29, 1.82) is 5.26 Å². The fourth-order valence-corrected chi connectivity index (χ4v) is 2.99. The van der Waals surface area contributed by atoms with Gasteiger partial charge in [-0.05, 0) is 23.8 Å². The van der Waals surface area contributed by atoms with Gasteiger partial charge in [-0.15, -0.1) is 0 Å². The molecule has 1 aromatic heterocycles. The van der Waals surface area contributed by atoms with E-state index in [4.69, 9.17) is 5.26 Å². The molecule has 2 heterocycles. The quantitative estimate of drug-likeness (QED) is 0.840. The van der Waals surface area contributed by atoms with Crippen molar-refractivity contribution in [1.82, 2.24) is 9.88 Å². The van der Waals surface area contributed by atoms with E-state index in [0.717, 1.165) is 12.2 Å². The van der Waals surface area contributed by atoms with E-state index in [0.29, 0.717) is 6.04 Å². The Kier molecular flexibility index (Phi) is 3.34. The molecular formula is C11H15N3S. The Labute approximate surface area is 94.5 Å². The number of aromatic nitrogens is 1. The summed E-state index contributed by atoms with van der Waals surface area (Å²) < 4.78 is 1.88. The molecule has 1 fully saturated rings. The normalized spacial score (nSPS) is 20.4. The first kappa shape index (κ1) is 10.6. The Morgan fingerprint density at radius 1 is 1.73 bits per heavy atom. The van der Waals surface area contributed by atoms with Crippen LogP contribution in [0.15, 0.2) is 12.3 Å². The second kappa shape index (κ2) is 4.73. The lowest BCUT2D eigenvalue weighted by molar-refractivity contribution is 0.557. The molecule has 0 radical (unpaired) electrons. The summed E-state index contributed by atoms with van der Waals surface area (Å²) in [5.41, 5.74) is 1.93. The molecule has 3 nitrogen and oxygen atoms in total. The summed E-state index contributed by atoms with van der Waals surface area (Å²) >= 11 is 2.01. The van der Waals surface area contributed by atoms with Crippen LogP contribution in [0.5, 0.6) is 0 Å². The highest BCUT2D eigenvalue weighted by atomic mass is 32.2. The number of hydrogen-bond donors (Lipinski definition) is 1. The van der Waals surface area contributed by atoms with Crippen molar-refractivity contribution >= 4 is 11.8 Å². The van der Waals surface area contributed by atoms with Crippen LogP contribution in [-0.2, 0) is 13.6 Å². The van der Waals surface area contributed by atoms with Gasteiger partial charge in [0.05, 0.1) is 0 Å². The monoisotopic (exact) mass is 221 g/mol. The lowest BCUT2D eigenvalue weighted by Gasteiger charge is -2.09. The minimum atomic E-state index is 0.653. The lowest BCUT2D eigenvalue weighted by Crippen LogP contribution is -2.27. The molecule has 4 heteroatoms. The van der Waals surface area contributed by atoms with Crippen LogP contribution in [0.3, 0.4) is 0 Å². The number of aryl methyl sites for hydroxylation is 1. The van der Waals surface area contributed by atoms with E-state index in [9.17, 15) is 0 Å². The number of rotatable bonds is 3. The molecule has 15 heavy (non-hydrogen) atoms. The highest BCUT2D eigenvalue weighted by Crippen LogP contribution is 2.17. The van der Waals surface area contributed by atoms with Gasteiger partial charge in [-0.25, -0.2) is 0 Å². The van der Waals surface area contributed by atoms with E-state index in [1.54, 1.807) is 0 Å². The molecule has 1 saturated heterocycles. The lowest BCUT2D eigenvalue weighted by atomic mass is 10.2. The molecule has 80 valence electrons. The molecule has 0 bridgehead atoms. The average Bonchev–Trinajstić information content (AvgIpc) is 2.83. The second-order valence-electron chi connectivity index (χ2n) is 3.90. The van der Waals surface area contributed by atoms with Gasteiger partial charge in [-0.3, -0.25) is 0 Å². The Morgan fingerprint density at radius 2 is 2.60 bits per heavy atom. The molecule has 0 aliphatic carbocycles. The number of hydrogen-bond acceptors (Lipinski definition) is 3. The van der Waals surface area contributed by atoms with Gasteiger partial charge in [-0.2, -0.15) is 17.0 Å². The van der Waals surface area contributed by atoms with Crippen molar-refractivity contribution in [3.05, 3.63) is 23.5 Å². The van der Waals surface area contributed by atoms with Crippen LogP contribution in [0, 0.1) is 11.3 Å². The van der Waals surface area contributed by atoms with Gasteiger partial charge in [0.2, 0.25) is 0 Å². The number of thioether (sulfide) groups is 1. The first-order valence-corrected chi connectivity index (χ1v) is 6.31. The van der Waals surface area contributed by atoms with Crippen LogP contribution in [0.1, 0.15) is 17.7 Å². The molecule has 0 saturated carbocycles. The molecule has 1 atom stereocenters. The maximum absolute atomic E-state index is 8.82. The molecular weight excluding hydrogens is 206 g/mol. The van der Waals surface area contributed by atoms with Crippen LogP contribution >= 0.6 is 11.8 Å². The van der Waals surface area contributed by atoms with Gasteiger partial charge in [-0.1, -0.05) is 0 Å². The first-order valence-electron chi connectivity index (χ1n) is 5.16. The summed E-state index contributed by atoms with van der Waals surface area (Å²) in [4.78, 5) is 0. The predicted molar refractivity (Wildman–Crippen MR) is 62.7 cm³/mol. The largest absolute Gasteiger partial charge is 0.342 e. The molecule has 0 aromatic carbocycles. The Hall–Kier alpha value is -0.920. The Bertz CT molecular complexity index is 372. The van der Waals surface area contributed by atoms with Gasteiger partial charge in [0.25, 0.3) is 0 Å². The molecule has 1 aromatic rings. The topological polar surface area (TPSA) is 40.8 Å². The zero-order valence-corrected chi connectivity index (χ0v) is 9.68. The van der Waals surface area contributed by atoms with E-state index >= 15 is 0 Å². The smallest absolute Gasteiger partial charge is 0.120 e. The highest BCUT2D eigenvalue weighted by molar-refractivity contribution is 7.99. The van der Waals surface area contributed by atoms with Crippen LogP contribution in [0.2, 0.25) is 0 Å². The average molecular weight is 221 g/mol. The van der Waals surface area contributed by atoms with Crippen molar-refractivity contribution in [2.24, 2.45) is 7.05 Å². The van der Waals surface area contributed by atoms with Gasteiger partial charge in [0, 0.05) is 31.6 Å². The predicted octanol–water partition coefficient (Wildman–Crippen LogP) is 1.49. The van der Waals surface area contributed by atoms with Crippen LogP contribution < -0.4 is 5.32 Å².